The number of fused-ring (bicyclic) bond motifs is 1. The summed E-state index contributed by atoms with van der Waals surface area (Å²) in [5.74, 6) is 0.0881. The van der Waals surface area contributed by atoms with E-state index in [2.05, 4.69) is 4.74 Å². The van der Waals surface area contributed by atoms with Gasteiger partial charge in [0.05, 0.1) is 26.4 Å². The summed E-state index contributed by atoms with van der Waals surface area (Å²) < 4.78 is 26.7. The van der Waals surface area contributed by atoms with E-state index in [0.717, 1.165) is 10.9 Å². The fourth-order valence-electron chi connectivity index (χ4n) is 2.89. The minimum Gasteiger partial charge on any atom is -0.493 e. The van der Waals surface area contributed by atoms with Crippen molar-refractivity contribution >= 4 is 29.0 Å². The number of ether oxygens (including phenoxy) is 4. The molecule has 0 unspecified atom stereocenters. The zero-order valence-electron chi connectivity index (χ0n) is 17.0. The molecule has 2 aromatic carbocycles. The number of benzene rings is 2. The Morgan fingerprint density at radius 2 is 1.87 bits per heavy atom. The molecule has 0 aliphatic heterocycles. The van der Waals surface area contributed by atoms with Crippen molar-refractivity contribution in [3.8, 4) is 11.5 Å². The molecule has 0 saturated carbocycles. The van der Waals surface area contributed by atoms with Crippen molar-refractivity contribution in [3.05, 3.63) is 65.4 Å². The average Bonchev–Trinajstić information content (AvgIpc) is 3.15. The van der Waals surface area contributed by atoms with Gasteiger partial charge < -0.3 is 23.4 Å². The van der Waals surface area contributed by atoms with Gasteiger partial charge in [0.2, 0.25) is 5.76 Å². The van der Waals surface area contributed by atoms with Crippen molar-refractivity contribution in [2.75, 3.05) is 20.8 Å². The number of carbonyl (C=O) groups is 2. The van der Waals surface area contributed by atoms with E-state index in [0.29, 0.717) is 22.6 Å². The molecule has 3 rings (SSSR count). The first-order chi connectivity index (χ1) is 14.6. The highest BCUT2D eigenvalue weighted by molar-refractivity contribution is 5.96. The van der Waals surface area contributed by atoms with E-state index in [4.69, 9.17) is 18.6 Å². The van der Waals surface area contributed by atoms with Crippen molar-refractivity contribution in [1.29, 1.82) is 0 Å². The number of furan rings is 1. The summed E-state index contributed by atoms with van der Waals surface area (Å²) in [6, 6.07) is 12.6. The van der Waals surface area contributed by atoms with Gasteiger partial charge in [-0.3, -0.25) is 0 Å². The van der Waals surface area contributed by atoms with Crippen LogP contribution in [0.1, 0.15) is 28.6 Å². The van der Waals surface area contributed by atoms with Gasteiger partial charge in [-0.05, 0) is 36.8 Å². The van der Waals surface area contributed by atoms with Gasteiger partial charge in [-0.2, -0.15) is 0 Å². The second-order valence-electron chi connectivity index (χ2n) is 6.18. The second-order valence-corrected chi connectivity index (χ2v) is 6.18. The van der Waals surface area contributed by atoms with Crippen LogP contribution in [-0.2, 0) is 20.9 Å². The van der Waals surface area contributed by atoms with E-state index in [1.165, 1.54) is 20.3 Å². The van der Waals surface area contributed by atoms with Crippen LogP contribution in [0.25, 0.3) is 17.0 Å². The Labute approximate surface area is 173 Å². The molecule has 0 spiro atoms. The maximum atomic E-state index is 12.3. The smallest absolute Gasteiger partial charge is 0.374 e. The first-order valence-electron chi connectivity index (χ1n) is 9.31. The van der Waals surface area contributed by atoms with Crippen molar-refractivity contribution in [1.82, 2.24) is 0 Å². The van der Waals surface area contributed by atoms with E-state index in [1.54, 1.807) is 37.3 Å². The first kappa shape index (κ1) is 21.0. The van der Waals surface area contributed by atoms with Crippen LogP contribution in [0.5, 0.6) is 11.5 Å². The van der Waals surface area contributed by atoms with E-state index in [1.807, 2.05) is 18.2 Å². The molecule has 0 aliphatic carbocycles. The molecule has 30 heavy (non-hydrogen) atoms. The SMILES string of the molecule is CCOC(=O)c1oc2ccccc2c1COc1ccc(/C=C/C(=O)OC)cc1OC. The number of hydrogen-bond donors (Lipinski definition) is 0. The molecule has 156 valence electrons. The standard InChI is InChI=1S/C23H22O7/c1-4-28-23(25)22-17(16-7-5-6-8-18(16)30-22)14-29-19-11-9-15(13-20(19)26-2)10-12-21(24)27-3/h5-13H,4,14H2,1-3H3/b12-10+. The molecule has 1 heterocycles. The summed E-state index contributed by atoms with van der Waals surface area (Å²) in [7, 11) is 2.83. The van der Waals surface area contributed by atoms with Gasteiger partial charge in [0.25, 0.3) is 0 Å². The summed E-state index contributed by atoms with van der Waals surface area (Å²) in [6.07, 6.45) is 2.93. The van der Waals surface area contributed by atoms with Gasteiger partial charge in [0.15, 0.2) is 11.5 Å². The number of para-hydroxylation sites is 1. The third-order valence-electron chi connectivity index (χ3n) is 4.33. The Morgan fingerprint density at radius 1 is 1.07 bits per heavy atom. The number of rotatable bonds is 8. The molecular formula is C23H22O7. The van der Waals surface area contributed by atoms with E-state index < -0.39 is 11.9 Å². The lowest BCUT2D eigenvalue weighted by Crippen LogP contribution is -2.08. The molecule has 0 fully saturated rings. The molecule has 0 aliphatic rings. The van der Waals surface area contributed by atoms with Crippen molar-refractivity contribution in [2.24, 2.45) is 0 Å². The summed E-state index contributed by atoms with van der Waals surface area (Å²) in [4.78, 5) is 23.6. The molecule has 7 heteroatoms. The predicted molar refractivity (Wildman–Crippen MR) is 111 cm³/mol. The lowest BCUT2D eigenvalue weighted by Gasteiger charge is -2.11. The zero-order chi connectivity index (χ0) is 21.5. The van der Waals surface area contributed by atoms with Crippen LogP contribution in [0, 0.1) is 0 Å². The molecule has 0 saturated heterocycles. The average molecular weight is 410 g/mol. The van der Waals surface area contributed by atoms with Crippen LogP contribution in [0.15, 0.2) is 53.0 Å². The third-order valence-corrected chi connectivity index (χ3v) is 4.33. The second kappa shape index (κ2) is 9.65. The Balaban J connectivity index is 1.87. The van der Waals surface area contributed by atoms with Gasteiger partial charge in [-0.15, -0.1) is 0 Å². The fourth-order valence-corrected chi connectivity index (χ4v) is 2.89. The molecular weight excluding hydrogens is 388 g/mol. The van der Waals surface area contributed by atoms with Crippen LogP contribution < -0.4 is 9.47 Å². The van der Waals surface area contributed by atoms with Gasteiger partial charge >= 0.3 is 11.9 Å². The highest BCUT2D eigenvalue weighted by Crippen LogP contribution is 2.32. The highest BCUT2D eigenvalue weighted by Gasteiger charge is 2.22. The van der Waals surface area contributed by atoms with Gasteiger partial charge in [0, 0.05) is 11.5 Å². The molecule has 0 amide bonds. The summed E-state index contributed by atoms with van der Waals surface area (Å²) in [6.45, 7) is 2.06. The van der Waals surface area contributed by atoms with Gasteiger partial charge in [-0.25, -0.2) is 9.59 Å². The van der Waals surface area contributed by atoms with Crippen molar-refractivity contribution in [2.45, 2.75) is 13.5 Å². The molecule has 0 radical (unpaired) electrons. The topological polar surface area (TPSA) is 84.2 Å². The van der Waals surface area contributed by atoms with Crippen LogP contribution in [0.3, 0.4) is 0 Å². The molecule has 0 bridgehead atoms. The number of esters is 2. The van der Waals surface area contributed by atoms with Crippen LogP contribution >= 0.6 is 0 Å². The Morgan fingerprint density at radius 3 is 2.60 bits per heavy atom. The predicted octanol–water partition coefficient (Wildman–Crippen LogP) is 4.38. The minimum absolute atomic E-state index is 0.0822. The maximum Gasteiger partial charge on any atom is 0.374 e. The number of carbonyl (C=O) groups excluding carboxylic acids is 2. The minimum atomic E-state index is -0.539. The van der Waals surface area contributed by atoms with Crippen molar-refractivity contribution < 1.29 is 33.0 Å². The molecule has 0 atom stereocenters. The zero-order valence-corrected chi connectivity index (χ0v) is 17.0. The van der Waals surface area contributed by atoms with Gasteiger partial charge in [-0.1, -0.05) is 24.3 Å². The molecule has 0 N–H and O–H groups in total. The fraction of sp³-hybridized carbons (Fsp3) is 0.217. The largest absolute Gasteiger partial charge is 0.493 e. The van der Waals surface area contributed by atoms with Gasteiger partial charge in [0.1, 0.15) is 12.2 Å². The van der Waals surface area contributed by atoms with E-state index in [-0.39, 0.29) is 19.0 Å². The highest BCUT2D eigenvalue weighted by atomic mass is 16.5. The third kappa shape index (κ3) is 4.63. The summed E-state index contributed by atoms with van der Waals surface area (Å²) in [5, 5.41) is 0.775. The molecule has 3 aromatic rings. The Hall–Kier alpha value is -3.74. The molecule has 7 nitrogen and oxygen atoms in total. The maximum absolute atomic E-state index is 12.3. The normalized spacial score (nSPS) is 10.9. The monoisotopic (exact) mass is 410 g/mol. The number of hydrogen-bond acceptors (Lipinski definition) is 7. The lowest BCUT2D eigenvalue weighted by molar-refractivity contribution is -0.134. The lowest BCUT2D eigenvalue weighted by atomic mass is 10.1. The Bertz CT molecular complexity index is 1080. The quantitative estimate of drug-likeness (QED) is 0.402. The van der Waals surface area contributed by atoms with E-state index >= 15 is 0 Å². The first-order valence-corrected chi connectivity index (χ1v) is 9.31. The van der Waals surface area contributed by atoms with Crippen molar-refractivity contribution in [3.63, 3.8) is 0 Å². The number of methoxy groups -OCH3 is 2. The molecule has 1 aromatic heterocycles. The van der Waals surface area contributed by atoms with Crippen LogP contribution in [0.4, 0.5) is 0 Å². The van der Waals surface area contributed by atoms with Crippen LogP contribution in [-0.4, -0.2) is 32.8 Å². The van der Waals surface area contributed by atoms with E-state index in [9.17, 15) is 9.59 Å². The summed E-state index contributed by atoms with van der Waals surface area (Å²) >= 11 is 0. The van der Waals surface area contributed by atoms with Crippen LogP contribution in [0.2, 0.25) is 0 Å². The Kier molecular flexibility index (Phi) is 6.75. The summed E-state index contributed by atoms with van der Waals surface area (Å²) in [5.41, 5.74) is 1.92.